The SMILES string of the molecule is COc1ccccc1C(C)(N)c1ccccc1C(F)(F)F. The lowest BCUT2D eigenvalue weighted by molar-refractivity contribution is -0.138. The first-order chi connectivity index (χ1) is 9.78. The third kappa shape index (κ3) is 2.88. The normalized spacial score (nSPS) is 14.6. The van der Waals surface area contributed by atoms with E-state index >= 15 is 0 Å². The highest BCUT2D eigenvalue weighted by molar-refractivity contribution is 5.48. The Kier molecular flexibility index (Phi) is 3.96. The molecule has 0 aromatic heterocycles. The monoisotopic (exact) mass is 295 g/mol. The highest BCUT2D eigenvalue weighted by atomic mass is 19.4. The van der Waals surface area contributed by atoms with Crippen molar-refractivity contribution >= 4 is 0 Å². The van der Waals surface area contributed by atoms with Crippen LogP contribution in [0.5, 0.6) is 5.75 Å². The number of para-hydroxylation sites is 1. The Morgan fingerprint density at radius 2 is 1.33 bits per heavy atom. The summed E-state index contributed by atoms with van der Waals surface area (Å²) in [6.45, 7) is 1.55. The van der Waals surface area contributed by atoms with Crippen LogP contribution < -0.4 is 10.5 Å². The zero-order chi connectivity index (χ0) is 15.7. The van der Waals surface area contributed by atoms with Crippen molar-refractivity contribution in [2.45, 2.75) is 18.6 Å². The first-order valence-corrected chi connectivity index (χ1v) is 6.37. The molecular weight excluding hydrogens is 279 g/mol. The molecule has 0 aliphatic heterocycles. The fraction of sp³-hybridized carbons (Fsp3) is 0.250. The summed E-state index contributed by atoms with van der Waals surface area (Å²) in [7, 11) is 1.46. The molecule has 2 rings (SSSR count). The Bertz CT molecular complexity index is 635. The Labute approximate surface area is 121 Å². The maximum absolute atomic E-state index is 13.2. The second kappa shape index (κ2) is 5.41. The number of methoxy groups -OCH3 is 1. The number of hydrogen-bond acceptors (Lipinski definition) is 2. The van der Waals surface area contributed by atoms with Crippen molar-refractivity contribution in [1.82, 2.24) is 0 Å². The van der Waals surface area contributed by atoms with Crippen LogP contribution in [-0.2, 0) is 11.7 Å². The van der Waals surface area contributed by atoms with Crippen molar-refractivity contribution in [1.29, 1.82) is 0 Å². The fourth-order valence-electron chi connectivity index (χ4n) is 2.40. The standard InChI is InChI=1S/C16H16F3NO/c1-15(20,13-9-5-6-10-14(13)21-2)11-7-3-4-8-12(11)16(17,18)19/h3-10H,20H2,1-2H3. The molecule has 0 saturated carbocycles. The first kappa shape index (κ1) is 15.4. The molecule has 0 aliphatic carbocycles. The molecular formula is C16H16F3NO. The van der Waals surface area contributed by atoms with Gasteiger partial charge in [0.2, 0.25) is 0 Å². The molecule has 0 fully saturated rings. The van der Waals surface area contributed by atoms with Crippen LogP contribution in [0.25, 0.3) is 0 Å². The van der Waals surface area contributed by atoms with Crippen molar-refractivity contribution in [3.63, 3.8) is 0 Å². The topological polar surface area (TPSA) is 35.2 Å². The minimum Gasteiger partial charge on any atom is -0.496 e. The number of alkyl halides is 3. The van der Waals surface area contributed by atoms with Crippen molar-refractivity contribution in [2.75, 3.05) is 7.11 Å². The third-order valence-corrected chi connectivity index (χ3v) is 3.46. The zero-order valence-electron chi connectivity index (χ0n) is 11.7. The van der Waals surface area contributed by atoms with Gasteiger partial charge in [-0.25, -0.2) is 0 Å². The van der Waals surface area contributed by atoms with E-state index in [9.17, 15) is 13.2 Å². The molecule has 0 amide bonds. The second-order valence-electron chi connectivity index (χ2n) is 4.95. The maximum Gasteiger partial charge on any atom is 0.416 e. The van der Waals surface area contributed by atoms with E-state index in [4.69, 9.17) is 10.5 Å². The lowest BCUT2D eigenvalue weighted by Crippen LogP contribution is -2.37. The Hall–Kier alpha value is -2.01. The largest absolute Gasteiger partial charge is 0.496 e. The van der Waals surface area contributed by atoms with Gasteiger partial charge in [0, 0.05) is 5.56 Å². The van der Waals surface area contributed by atoms with Gasteiger partial charge in [0.1, 0.15) is 5.75 Å². The molecule has 2 nitrogen and oxygen atoms in total. The summed E-state index contributed by atoms with van der Waals surface area (Å²) in [5.74, 6) is 0.458. The number of ether oxygens (including phenoxy) is 1. The quantitative estimate of drug-likeness (QED) is 0.931. The minimum atomic E-state index is -4.46. The summed E-state index contributed by atoms with van der Waals surface area (Å²) in [6.07, 6.45) is -4.46. The summed E-state index contributed by atoms with van der Waals surface area (Å²) in [6, 6.07) is 12.1. The van der Waals surface area contributed by atoms with Crippen LogP contribution in [0, 0.1) is 0 Å². The number of halogens is 3. The Balaban J connectivity index is 2.65. The lowest BCUT2D eigenvalue weighted by atomic mass is 9.82. The van der Waals surface area contributed by atoms with Gasteiger partial charge >= 0.3 is 6.18 Å². The summed E-state index contributed by atoms with van der Waals surface area (Å²) in [4.78, 5) is 0. The number of rotatable bonds is 3. The van der Waals surface area contributed by atoms with Gasteiger partial charge in [-0.1, -0.05) is 36.4 Å². The highest BCUT2D eigenvalue weighted by Gasteiger charge is 2.39. The van der Waals surface area contributed by atoms with Crippen LogP contribution in [0.2, 0.25) is 0 Å². The smallest absolute Gasteiger partial charge is 0.416 e. The Morgan fingerprint density at radius 1 is 0.857 bits per heavy atom. The number of hydrogen-bond donors (Lipinski definition) is 1. The molecule has 0 heterocycles. The maximum atomic E-state index is 13.2. The molecule has 5 heteroatoms. The van der Waals surface area contributed by atoms with E-state index in [2.05, 4.69) is 0 Å². The molecule has 0 aliphatic rings. The third-order valence-electron chi connectivity index (χ3n) is 3.46. The summed E-state index contributed by atoms with van der Waals surface area (Å²) < 4.78 is 44.8. The van der Waals surface area contributed by atoms with Crippen LogP contribution in [0.15, 0.2) is 48.5 Å². The van der Waals surface area contributed by atoms with Crippen molar-refractivity contribution in [2.24, 2.45) is 5.73 Å². The van der Waals surface area contributed by atoms with Crippen molar-refractivity contribution in [3.8, 4) is 5.75 Å². The van der Waals surface area contributed by atoms with Gasteiger partial charge < -0.3 is 10.5 Å². The van der Waals surface area contributed by atoms with Crippen molar-refractivity contribution in [3.05, 3.63) is 65.2 Å². The second-order valence-corrected chi connectivity index (χ2v) is 4.95. The molecule has 1 atom stereocenters. The van der Waals surface area contributed by atoms with Gasteiger partial charge in [-0.2, -0.15) is 13.2 Å². The van der Waals surface area contributed by atoms with E-state index in [0.29, 0.717) is 11.3 Å². The molecule has 0 spiro atoms. The molecule has 1 unspecified atom stereocenters. The van der Waals surface area contributed by atoms with Gasteiger partial charge in [-0.3, -0.25) is 0 Å². The van der Waals surface area contributed by atoms with Crippen molar-refractivity contribution < 1.29 is 17.9 Å². The van der Waals surface area contributed by atoms with Crippen LogP contribution >= 0.6 is 0 Å². The molecule has 21 heavy (non-hydrogen) atoms. The van der Waals surface area contributed by atoms with E-state index < -0.39 is 17.3 Å². The van der Waals surface area contributed by atoms with Crippen LogP contribution in [0.4, 0.5) is 13.2 Å². The van der Waals surface area contributed by atoms with Crippen LogP contribution in [0.1, 0.15) is 23.6 Å². The number of benzene rings is 2. The highest BCUT2D eigenvalue weighted by Crippen LogP contribution is 2.40. The molecule has 0 radical (unpaired) electrons. The van der Waals surface area contributed by atoms with Gasteiger partial charge in [0.25, 0.3) is 0 Å². The fourth-order valence-corrected chi connectivity index (χ4v) is 2.40. The van der Waals surface area contributed by atoms with E-state index in [1.165, 1.54) is 19.2 Å². The molecule has 2 aromatic carbocycles. The zero-order valence-corrected chi connectivity index (χ0v) is 11.7. The number of nitrogens with two attached hydrogens (primary N) is 1. The van der Waals surface area contributed by atoms with Gasteiger partial charge in [-0.05, 0) is 24.6 Å². The summed E-state index contributed by atoms with van der Waals surface area (Å²) >= 11 is 0. The average molecular weight is 295 g/mol. The molecule has 112 valence electrons. The molecule has 0 bridgehead atoms. The average Bonchev–Trinajstić information content (AvgIpc) is 2.46. The predicted octanol–water partition coefficient (Wildman–Crippen LogP) is 3.94. The van der Waals surface area contributed by atoms with Gasteiger partial charge in [-0.15, -0.1) is 0 Å². The van der Waals surface area contributed by atoms with Gasteiger partial charge in [0.05, 0.1) is 18.2 Å². The first-order valence-electron chi connectivity index (χ1n) is 6.37. The van der Waals surface area contributed by atoms with E-state index in [0.717, 1.165) is 6.07 Å². The Morgan fingerprint density at radius 3 is 1.86 bits per heavy atom. The van der Waals surface area contributed by atoms with E-state index in [1.807, 2.05) is 0 Å². The van der Waals surface area contributed by atoms with Gasteiger partial charge in [0.15, 0.2) is 0 Å². The molecule has 2 N–H and O–H groups in total. The minimum absolute atomic E-state index is 0.0157. The van der Waals surface area contributed by atoms with Crippen LogP contribution in [-0.4, -0.2) is 7.11 Å². The lowest BCUT2D eigenvalue weighted by Gasteiger charge is -2.30. The molecule has 0 saturated heterocycles. The van der Waals surface area contributed by atoms with Crippen LogP contribution in [0.3, 0.4) is 0 Å². The summed E-state index contributed by atoms with van der Waals surface area (Å²) in [5, 5.41) is 0. The predicted molar refractivity (Wildman–Crippen MR) is 75.1 cm³/mol. The van der Waals surface area contributed by atoms with E-state index in [1.54, 1.807) is 37.3 Å². The summed E-state index contributed by atoms with van der Waals surface area (Å²) in [5.41, 5.74) is 4.72. The molecule has 2 aromatic rings. The van der Waals surface area contributed by atoms with E-state index in [-0.39, 0.29) is 5.56 Å².